The molecule has 1 aliphatic rings. The first-order valence-corrected chi connectivity index (χ1v) is 8.07. The summed E-state index contributed by atoms with van der Waals surface area (Å²) in [5, 5.41) is 11.4. The van der Waals surface area contributed by atoms with E-state index in [0.29, 0.717) is 18.0 Å². The van der Waals surface area contributed by atoms with E-state index in [1.807, 2.05) is 67.6 Å². The van der Waals surface area contributed by atoms with Crippen LogP contribution in [0.1, 0.15) is 6.92 Å². The molecule has 0 saturated carbocycles. The Balaban J connectivity index is 1.79. The number of hydrogen-bond acceptors (Lipinski definition) is 5. The molecule has 25 heavy (non-hydrogen) atoms. The standard InChI is InChI=1S/C20H20N4O/c1-2-25-18-10-7-16(8-11-18)24-20-13-17(9-12-19(20)22)23-15-5-3-14(21)4-6-15/h3-13,22-23H,2,21H2,1H3. The average molecular weight is 332 g/mol. The van der Waals surface area contributed by atoms with E-state index >= 15 is 0 Å². The Hall–Kier alpha value is -3.34. The zero-order chi connectivity index (χ0) is 17.6. The van der Waals surface area contributed by atoms with Gasteiger partial charge in [0.1, 0.15) is 5.75 Å². The molecule has 0 heterocycles. The third kappa shape index (κ3) is 4.35. The second-order valence-electron chi connectivity index (χ2n) is 5.52. The summed E-state index contributed by atoms with van der Waals surface area (Å²) in [6.07, 6.45) is 5.44. The number of rotatable bonds is 5. The number of allylic oxidation sites excluding steroid dienone is 3. The van der Waals surface area contributed by atoms with Gasteiger partial charge in [0.05, 0.1) is 23.7 Å². The molecule has 1 aliphatic carbocycles. The van der Waals surface area contributed by atoms with Crippen LogP contribution in [0.5, 0.6) is 5.75 Å². The Morgan fingerprint density at radius 2 is 1.76 bits per heavy atom. The number of anilines is 2. The van der Waals surface area contributed by atoms with Crippen LogP contribution in [-0.2, 0) is 0 Å². The van der Waals surface area contributed by atoms with Gasteiger partial charge in [0.25, 0.3) is 0 Å². The number of nitrogens with zero attached hydrogens (tertiary/aromatic N) is 1. The number of nitrogens with one attached hydrogen (secondary N) is 2. The smallest absolute Gasteiger partial charge is 0.119 e. The summed E-state index contributed by atoms with van der Waals surface area (Å²) in [7, 11) is 0. The first-order chi connectivity index (χ1) is 12.1. The average Bonchev–Trinajstić information content (AvgIpc) is 2.62. The quantitative estimate of drug-likeness (QED) is 0.563. The molecule has 0 spiro atoms. The highest BCUT2D eigenvalue weighted by molar-refractivity contribution is 6.50. The fraction of sp³-hybridized carbons (Fsp3) is 0.100. The molecule has 0 aromatic heterocycles. The number of aliphatic imine (C=N–C) groups is 1. The summed E-state index contributed by atoms with van der Waals surface area (Å²) in [6.45, 7) is 2.58. The molecule has 5 nitrogen and oxygen atoms in total. The Morgan fingerprint density at radius 1 is 1.04 bits per heavy atom. The first kappa shape index (κ1) is 16.5. The van der Waals surface area contributed by atoms with Crippen LogP contribution in [0.2, 0.25) is 0 Å². The molecule has 0 radical (unpaired) electrons. The van der Waals surface area contributed by atoms with E-state index in [1.165, 1.54) is 0 Å². The topological polar surface area (TPSA) is 83.5 Å². The van der Waals surface area contributed by atoms with Crippen LogP contribution in [0.4, 0.5) is 17.1 Å². The first-order valence-electron chi connectivity index (χ1n) is 8.07. The molecule has 2 aromatic carbocycles. The number of hydrogen-bond donors (Lipinski definition) is 3. The fourth-order valence-corrected chi connectivity index (χ4v) is 2.36. The van der Waals surface area contributed by atoms with Crippen LogP contribution >= 0.6 is 0 Å². The molecule has 0 saturated heterocycles. The van der Waals surface area contributed by atoms with E-state index in [2.05, 4.69) is 10.3 Å². The van der Waals surface area contributed by atoms with E-state index < -0.39 is 0 Å². The monoisotopic (exact) mass is 332 g/mol. The largest absolute Gasteiger partial charge is 0.494 e. The van der Waals surface area contributed by atoms with Crippen molar-refractivity contribution in [2.75, 3.05) is 17.7 Å². The highest BCUT2D eigenvalue weighted by Gasteiger charge is 2.09. The van der Waals surface area contributed by atoms with Crippen molar-refractivity contribution < 1.29 is 4.74 Å². The highest BCUT2D eigenvalue weighted by atomic mass is 16.5. The minimum Gasteiger partial charge on any atom is -0.494 e. The van der Waals surface area contributed by atoms with Gasteiger partial charge in [-0.3, -0.25) is 5.41 Å². The second kappa shape index (κ2) is 7.49. The van der Waals surface area contributed by atoms with Gasteiger partial charge in [-0.15, -0.1) is 0 Å². The van der Waals surface area contributed by atoms with Gasteiger partial charge in [-0.2, -0.15) is 0 Å². The second-order valence-corrected chi connectivity index (χ2v) is 5.52. The molecule has 126 valence electrons. The molecule has 0 atom stereocenters. The van der Waals surface area contributed by atoms with Crippen LogP contribution in [-0.4, -0.2) is 18.0 Å². The van der Waals surface area contributed by atoms with Crippen LogP contribution in [0.3, 0.4) is 0 Å². The zero-order valence-corrected chi connectivity index (χ0v) is 14.0. The molecule has 4 N–H and O–H groups in total. The number of nitrogens with two attached hydrogens (primary N) is 1. The summed E-state index contributed by atoms with van der Waals surface area (Å²) < 4.78 is 5.43. The molecule has 0 amide bonds. The fourth-order valence-electron chi connectivity index (χ4n) is 2.36. The lowest BCUT2D eigenvalue weighted by Gasteiger charge is -2.13. The van der Waals surface area contributed by atoms with Crippen molar-refractivity contribution in [1.82, 2.24) is 0 Å². The van der Waals surface area contributed by atoms with E-state index in [0.717, 1.165) is 28.5 Å². The van der Waals surface area contributed by atoms with Gasteiger partial charge in [-0.25, -0.2) is 4.99 Å². The minimum absolute atomic E-state index is 0.372. The maximum atomic E-state index is 8.07. The molecular weight excluding hydrogens is 312 g/mol. The molecule has 0 unspecified atom stereocenters. The zero-order valence-electron chi connectivity index (χ0n) is 14.0. The molecule has 0 aliphatic heterocycles. The van der Waals surface area contributed by atoms with Crippen LogP contribution < -0.4 is 15.8 Å². The van der Waals surface area contributed by atoms with Crippen molar-refractivity contribution >= 4 is 28.5 Å². The van der Waals surface area contributed by atoms with Crippen molar-refractivity contribution in [2.45, 2.75) is 6.92 Å². The third-order valence-corrected chi connectivity index (χ3v) is 3.59. The van der Waals surface area contributed by atoms with E-state index in [9.17, 15) is 0 Å². The summed E-state index contributed by atoms with van der Waals surface area (Å²) in [5.41, 5.74) is 9.97. The maximum Gasteiger partial charge on any atom is 0.119 e. The van der Waals surface area contributed by atoms with Crippen molar-refractivity contribution in [3.63, 3.8) is 0 Å². The van der Waals surface area contributed by atoms with Crippen molar-refractivity contribution in [3.05, 3.63) is 72.5 Å². The molecule has 0 fully saturated rings. The Labute approximate surface area is 147 Å². The number of nitrogen functional groups attached to an aromatic ring is 1. The summed E-state index contributed by atoms with van der Waals surface area (Å²) in [6, 6.07) is 15.0. The predicted octanol–water partition coefficient (Wildman–Crippen LogP) is 4.33. The van der Waals surface area contributed by atoms with Gasteiger partial charge in [-0.05, 0) is 73.7 Å². The lowest BCUT2D eigenvalue weighted by Crippen LogP contribution is -2.14. The molecular formula is C20H20N4O. The summed E-state index contributed by atoms with van der Waals surface area (Å²) >= 11 is 0. The van der Waals surface area contributed by atoms with Gasteiger partial charge < -0.3 is 15.8 Å². The van der Waals surface area contributed by atoms with Crippen LogP contribution in [0.15, 0.2) is 77.4 Å². The van der Waals surface area contributed by atoms with Crippen molar-refractivity contribution in [3.8, 4) is 5.75 Å². The Kier molecular flexibility index (Phi) is 4.95. The molecule has 5 heteroatoms. The van der Waals surface area contributed by atoms with Crippen molar-refractivity contribution in [2.24, 2.45) is 4.99 Å². The van der Waals surface area contributed by atoms with Gasteiger partial charge in [0, 0.05) is 17.1 Å². The van der Waals surface area contributed by atoms with E-state index in [-0.39, 0.29) is 0 Å². The summed E-state index contributed by atoms with van der Waals surface area (Å²) in [4.78, 5) is 4.56. The van der Waals surface area contributed by atoms with Gasteiger partial charge >= 0.3 is 0 Å². The van der Waals surface area contributed by atoms with Gasteiger partial charge in [0.2, 0.25) is 0 Å². The third-order valence-electron chi connectivity index (χ3n) is 3.59. The molecule has 2 aromatic rings. The predicted molar refractivity (Wildman–Crippen MR) is 104 cm³/mol. The Morgan fingerprint density at radius 3 is 2.44 bits per heavy atom. The van der Waals surface area contributed by atoms with Gasteiger partial charge in [-0.1, -0.05) is 0 Å². The lowest BCUT2D eigenvalue weighted by atomic mass is 10.1. The van der Waals surface area contributed by atoms with Crippen LogP contribution in [0.25, 0.3) is 0 Å². The molecule has 3 rings (SSSR count). The number of ether oxygens (including phenoxy) is 1. The normalized spacial score (nSPS) is 15.2. The summed E-state index contributed by atoms with van der Waals surface area (Å²) in [5.74, 6) is 0.811. The van der Waals surface area contributed by atoms with Gasteiger partial charge in [0.15, 0.2) is 0 Å². The Bertz CT molecular complexity index is 846. The SMILES string of the molecule is CCOc1ccc(N=C2C=C(Nc3ccc(N)cc3)C=CC2=N)cc1. The van der Waals surface area contributed by atoms with E-state index in [1.54, 1.807) is 6.08 Å². The highest BCUT2D eigenvalue weighted by Crippen LogP contribution is 2.20. The molecule has 0 bridgehead atoms. The maximum absolute atomic E-state index is 8.07. The minimum atomic E-state index is 0.372. The van der Waals surface area contributed by atoms with Crippen molar-refractivity contribution in [1.29, 1.82) is 5.41 Å². The van der Waals surface area contributed by atoms with E-state index in [4.69, 9.17) is 15.9 Å². The van der Waals surface area contributed by atoms with Crippen LogP contribution in [0, 0.1) is 5.41 Å². The lowest BCUT2D eigenvalue weighted by molar-refractivity contribution is 0.340. The number of benzene rings is 2.